The van der Waals surface area contributed by atoms with Crippen LogP contribution in [0.15, 0.2) is 24.3 Å². The van der Waals surface area contributed by atoms with E-state index in [-0.39, 0.29) is 17.7 Å². The Morgan fingerprint density at radius 3 is 2.54 bits per heavy atom. The zero-order valence-corrected chi connectivity index (χ0v) is 14.5. The first-order chi connectivity index (χ1) is 11.2. The van der Waals surface area contributed by atoms with Gasteiger partial charge in [-0.25, -0.2) is 13.2 Å². The molecule has 0 unspecified atom stereocenters. The molecule has 1 saturated heterocycles. The highest BCUT2D eigenvalue weighted by Crippen LogP contribution is 2.18. The largest absolute Gasteiger partial charge is 0.366 e. The van der Waals surface area contributed by atoms with Crippen molar-refractivity contribution in [2.24, 2.45) is 11.7 Å². The van der Waals surface area contributed by atoms with Gasteiger partial charge >= 0.3 is 6.03 Å². The fourth-order valence-corrected chi connectivity index (χ4v) is 4.02. The van der Waals surface area contributed by atoms with Crippen LogP contribution < -0.4 is 11.1 Å². The number of urea groups is 1. The Bertz CT molecular complexity index is 701. The quantitative estimate of drug-likeness (QED) is 0.814. The van der Waals surface area contributed by atoms with Crippen LogP contribution >= 0.6 is 0 Å². The SMILES string of the molecule is CS(=O)(=O)C[C@@H]1CCCN(C(=O)NCc2ccc(C(N)=O)cc2)C1. The highest BCUT2D eigenvalue weighted by atomic mass is 32.2. The summed E-state index contributed by atoms with van der Waals surface area (Å²) in [5.74, 6) is -0.379. The Morgan fingerprint density at radius 2 is 1.96 bits per heavy atom. The van der Waals surface area contributed by atoms with Crippen molar-refractivity contribution < 1.29 is 18.0 Å². The third-order valence-corrected chi connectivity index (χ3v) is 5.10. The summed E-state index contributed by atoms with van der Waals surface area (Å²) in [5, 5.41) is 2.82. The maximum atomic E-state index is 12.2. The fraction of sp³-hybridized carbons (Fsp3) is 0.500. The number of sulfone groups is 1. The summed E-state index contributed by atoms with van der Waals surface area (Å²) >= 11 is 0. The number of amides is 3. The summed E-state index contributed by atoms with van der Waals surface area (Å²) in [6, 6.07) is 6.51. The first-order valence-electron chi connectivity index (χ1n) is 7.84. The molecule has 2 rings (SSSR count). The summed E-state index contributed by atoms with van der Waals surface area (Å²) in [6.07, 6.45) is 2.86. The van der Waals surface area contributed by atoms with Gasteiger partial charge in [-0.2, -0.15) is 0 Å². The van der Waals surface area contributed by atoms with Gasteiger partial charge in [0, 0.05) is 31.5 Å². The molecule has 0 saturated carbocycles. The Labute approximate surface area is 142 Å². The highest BCUT2D eigenvalue weighted by molar-refractivity contribution is 7.90. The highest BCUT2D eigenvalue weighted by Gasteiger charge is 2.25. The molecular formula is C16H23N3O4S. The maximum absolute atomic E-state index is 12.2. The van der Waals surface area contributed by atoms with E-state index in [0.29, 0.717) is 25.2 Å². The van der Waals surface area contributed by atoms with Gasteiger partial charge in [0.15, 0.2) is 0 Å². The molecule has 24 heavy (non-hydrogen) atoms. The third kappa shape index (κ3) is 5.52. The van der Waals surface area contributed by atoms with Crippen LogP contribution in [0.3, 0.4) is 0 Å². The van der Waals surface area contributed by atoms with E-state index in [0.717, 1.165) is 18.4 Å². The van der Waals surface area contributed by atoms with Crippen molar-refractivity contribution in [2.45, 2.75) is 19.4 Å². The van der Waals surface area contributed by atoms with Crippen LogP contribution in [0.5, 0.6) is 0 Å². The molecule has 3 amide bonds. The Kier molecular flexibility index (Phi) is 5.82. The molecule has 0 aliphatic carbocycles. The predicted molar refractivity (Wildman–Crippen MR) is 91.2 cm³/mol. The molecule has 7 nitrogen and oxygen atoms in total. The van der Waals surface area contributed by atoms with Gasteiger partial charge < -0.3 is 16.0 Å². The smallest absolute Gasteiger partial charge is 0.317 e. The van der Waals surface area contributed by atoms with Crippen LogP contribution in [0, 0.1) is 5.92 Å². The van der Waals surface area contributed by atoms with Gasteiger partial charge in [0.2, 0.25) is 5.91 Å². The van der Waals surface area contributed by atoms with Gasteiger partial charge in [-0.05, 0) is 36.5 Å². The van der Waals surface area contributed by atoms with E-state index in [1.165, 1.54) is 6.26 Å². The van der Waals surface area contributed by atoms with Gasteiger partial charge in [0.1, 0.15) is 9.84 Å². The van der Waals surface area contributed by atoms with Crippen molar-refractivity contribution in [3.63, 3.8) is 0 Å². The van der Waals surface area contributed by atoms with Crippen LogP contribution in [-0.4, -0.2) is 50.4 Å². The number of nitrogens with zero attached hydrogens (tertiary/aromatic N) is 1. The first kappa shape index (κ1) is 18.3. The number of primary amides is 1. The summed E-state index contributed by atoms with van der Waals surface area (Å²) < 4.78 is 22.8. The topological polar surface area (TPSA) is 110 Å². The molecule has 0 radical (unpaired) electrons. The lowest BCUT2D eigenvalue weighted by Crippen LogP contribution is -2.46. The lowest BCUT2D eigenvalue weighted by molar-refractivity contribution is 0.1000. The van der Waals surface area contributed by atoms with Crippen LogP contribution in [0.4, 0.5) is 4.79 Å². The second kappa shape index (κ2) is 7.65. The van der Waals surface area contributed by atoms with Crippen molar-refractivity contribution in [3.8, 4) is 0 Å². The van der Waals surface area contributed by atoms with Crippen molar-refractivity contribution >= 4 is 21.8 Å². The molecule has 1 atom stereocenters. The van der Waals surface area contributed by atoms with Crippen LogP contribution in [0.2, 0.25) is 0 Å². The van der Waals surface area contributed by atoms with Crippen molar-refractivity contribution in [3.05, 3.63) is 35.4 Å². The maximum Gasteiger partial charge on any atom is 0.317 e. The third-order valence-electron chi connectivity index (χ3n) is 4.03. The molecule has 1 fully saturated rings. The Balaban J connectivity index is 1.86. The molecule has 8 heteroatoms. The number of carbonyl (C=O) groups excluding carboxylic acids is 2. The van der Waals surface area contributed by atoms with E-state index < -0.39 is 15.7 Å². The summed E-state index contributed by atoms with van der Waals surface area (Å²) in [6.45, 7) is 1.43. The van der Waals surface area contributed by atoms with Gasteiger partial charge in [-0.15, -0.1) is 0 Å². The zero-order valence-electron chi connectivity index (χ0n) is 13.7. The molecular weight excluding hydrogens is 330 g/mol. The lowest BCUT2D eigenvalue weighted by atomic mass is 10.0. The number of nitrogens with two attached hydrogens (primary N) is 1. The monoisotopic (exact) mass is 353 g/mol. The molecule has 0 aromatic heterocycles. The van der Waals surface area contributed by atoms with Gasteiger partial charge in [0.25, 0.3) is 0 Å². The average Bonchev–Trinajstić information content (AvgIpc) is 2.51. The standard InChI is InChI=1S/C16H23N3O4S/c1-24(22,23)11-13-3-2-8-19(10-13)16(21)18-9-12-4-6-14(7-5-12)15(17)20/h4-7,13H,2-3,8-11H2,1H3,(H2,17,20)(H,18,21)/t13-/m1/s1. The fourth-order valence-electron chi connectivity index (χ4n) is 2.89. The van der Waals surface area contributed by atoms with Crippen LogP contribution in [-0.2, 0) is 16.4 Å². The minimum Gasteiger partial charge on any atom is -0.366 e. The lowest BCUT2D eigenvalue weighted by Gasteiger charge is -2.32. The number of likely N-dealkylation sites (tertiary alicyclic amines) is 1. The summed E-state index contributed by atoms with van der Waals surface area (Å²) in [5.41, 5.74) is 6.46. The number of nitrogens with one attached hydrogen (secondary N) is 1. The van der Waals surface area contributed by atoms with Gasteiger partial charge in [-0.1, -0.05) is 12.1 Å². The van der Waals surface area contributed by atoms with E-state index in [2.05, 4.69) is 5.32 Å². The number of hydrogen-bond acceptors (Lipinski definition) is 4. The number of benzene rings is 1. The molecule has 1 aromatic rings. The van der Waals surface area contributed by atoms with Crippen molar-refractivity contribution in [1.82, 2.24) is 10.2 Å². The predicted octanol–water partition coefficient (Wildman–Crippen LogP) is 0.752. The summed E-state index contributed by atoms with van der Waals surface area (Å²) in [7, 11) is -3.04. The van der Waals surface area contributed by atoms with Crippen LogP contribution in [0.25, 0.3) is 0 Å². The van der Waals surface area contributed by atoms with Crippen LogP contribution in [0.1, 0.15) is 28.8 Å². The van der Waals surface area contributed by atoms with Gasteiger partial charge in [-0.3, -0.25) is 4.79 Å². The molecule has 1 aliphatic heterocycles. The van der Waals surface area contributed by atoms with E-state index >= 15 is 0 Å². The molecule has 132 valence electrons. The van der Waals surface area contributed by atoms with Crippen molar-refractivity contribution in [1.29, 1.82) is 0 Å². The second-order valence-electron chi connectivity index (χ2n) is 6.27. The normalized spacial score (nSPS) is 18.2. The van der Waals surface area contributed by atoms with E-state index in [1.807, 2.05) is 0 Å². The Morgan fingerprint density at radius 1 is 1.29 bits per heavy atom. The van der Waals surface area contributed by atoms with Gasteiger partial charge in [0.05, 0.1) is 5.75 Å². The zero-order chi connectivity index (χ0) is 17.7. The number of carbonyl (C=O) groups is 2. The molecule has 1 heterocycles. The molecule has 0 spiro atoms. The molecule has 3 N–H and O–H groups in total. The average molecular weight is 353 g/mol. The number of rotatable bonds is 5. The van der Waals surface area contributed by atoms with E-state index in [9.17, 15) is 18.0 Å². The molecule has 1 aliphatic rings. The minimum absolute atomic E-state index is 0.00523. The van der Waals surface area contributed by atoms with E-state index in [4.69, 9.17) is 5.73 Å². The Hall–Kier alpha value is -2.09. The van der Waals surface area contributed by atoms with Crippen molar-refractivity contribution in [2.75, 3.05) is 25.1 Å². The number of piperidine rings is 1. The molecule has 1 aromatic carbocycles. The van der Waals surface area contributed by atoms with E-state index in [1.54, 1.807) is 29.2 Å². The summed E-state index contributed by atoms with van der Waals surface area (Å²) in [4.78, 5) is 24.9. The number of hydrogen-bond donors (Lipinski definition) is 2. The second-order valence-corrected chi connectivity index (χ2v) is 8.45. The first-order valence-corrected chi connectivity index (χ1v) is 9.90. The minimum atomic E-state index is -3.04. The molecule has 0 bridgehead atoms.